The maximum Gasteiger partial charge on any atom is 0.268 e. The molecule has 0 saturated carbocycles. The number of rotatable bonds is 2. The SMILES string of the molecule is [CH]c1cc2ccccc2n1S(=O)(=O)c1ccccc1. The minimum Gasteiger partial charge on any atom is -0.238 e. The molecule has 1 aromatic heterocycles. The van der Waals surface area contributed by atoms with Crippen LogP contribution in [0.4, 0.5) is 0 Å². The Morgan fingerprint density at radius 2 is 1.53 bits per heavy atom. The summed E-state index contributed by atoms with van der Waals surface area (Å²) >= 11 is 0. The van der Waals surface area contributed by atoms with E-state index in [-0.39, 0.29) is 10.6 Å². The molecule has 0 N–H and O–H groups in total. The van der Waals surface area contributed by atoms with Gasteiger partial charge in [0.2, 0.25) is 0 Å². The van der Waals surface area contributed by atoms with Crippen molar-refractivity contribution in [3.8, 4) is 0 Å². The van der Waals surface area contributed by atoms with Crippen molar-refractivity contribution < 1.29 is 8.42 Å². The summed E-state index contributed by atoms with van der Waals surface area (Å²) in [5, 5.41) is 0.805. The monoisotopic (exact) mass is 269 g/mol. The standard InChI is InChI=1S/C15H11NO2S/c1-12-11-13-7-5-6-10-15(13)16(12)19(17,18)14-8-3-2-4-9-14/h1-11H. The van der Waals surface area contributed by atoms with E-state index in [0.29, 0.717) is 5.52 Å². The molecule has 3 aromatic rings. The Hall–Kier alpha value is -2.07. The van der Waals surface area contributed by atoms with E-state index in [1.807, 2.05) is 12.1 Å². The fourth-order valence-electron chi connectivity index (χ4n) is 2.12. The van der Waals surface area contributed by atoms with Crippen LogP contribution < -0.4 is 0 Å². The number of fused-ring (bicyclic) bond motifs is 1. The molecule has 0 aliphatic rings. The van der Waals surface area contributed by atoms with Gasteiger partial charge in [0.05, 0.1) is 10.4 Å². The molecule has 0 saturated heterocycles. The molecule has 0 atom stereocenters. The molecule has 94 valence electrons. The molecule has 1 heterocycles. The van der Waals surface area contributed by atoms with Gasteiger partial charge in [-0.2, -0.15) is 0 Å². The van der Waals surface area contributed by atoms with E-state index in [1.165, 1.54) is 3.97 Å². The lowest BCUT2D eigenvalue weighted by Gasteiger charge is -2.09. The lowest BCUT2D eigenvalue weighted by Crippen LogP contribution is -2.13. The molecule has 0 spiro atoms. The Bertz CT molecular complexity index is 833. The summed E-state index contributed by atoms with van der Waals surface area (Å²) in [7, 11) is -3.66. The van der Waals surface area contributed by atoms with Crippen molar-refractivity contribution in [2.45, 2.75) is 4.90 Å². The fourth-order valence-corrected chi connectivity index (χ4v) is 3.59. The van der Waals surface area contributed by atoms with E-state index in [4.69, 9.17) is 6.92 Å². The Morgan fingerprint density at radius 3 is 2.26 bits per heavy atom. The molecule has 2 aromatic carbocycles. The molecule has 0 aliphatic carbocycles. The molecule has 3 nitrogen and oxygen atoms in total. The van der Waals surface area contributed by atoms with E-state index >= 15 is 0 Å². The maximum absolute atomic E-state index is 12.6. The molecule has 0 unspecified atom stereocenters. The van der Waals surface area contributed by atoms with Crippen LogP contribution in [-0.2, 0) is 10.0 Å². The van der Waals surface area contributed by atoms with Gasteiger partial charge in [0, 0.05) is 18.0 Å². The average molecular weight is 269 g/mol. The third-order valence-corrected chi connectivity index (χ3v) is 4.73. The Balaban J connectivity index is 2.34. The van der Waals surface area contributed by atoms with E-state index in [2.05, 4.69) is 0 Å². The highest BCUT2D eigenvalue weighted by Gasteiger charge is 2.20. The van der Waals surface area contributed by atoms with Gasteiger partial charge in [-0.15, -0.1) is 0 Å². The Kier molecular flexibility index (Phi) is 2.68. The first kappa shape index (κ1) is 12.0. The number of hydrogen-bond donors (Lipinski definition) is 0. The van der Waals surface area contributed by atoms with E-state index < -0.39 is 10.0 Å². The van der Waals surface area contributed by atoms with Crippen LogP contribution in [0, 0.1) is 6.92 Å². The topological polar surface area (TPSA) is 39.1 Å². The molecule has 0 aliphatic heterocycles. The van der Waals surface area contributed by atoms with Gasteiger partial charge < -0.3 is 0 Å². The molecule has 0 bridgehead atoms. The number of hydrogen-bond acceptors (Lipinski definition) is 2. The zero-order valence-electron chi connectivity index (χ0n) is 10.0. The highest BCUT2D eigenvalue weighted by Crippen LogP contribution is 2.24. The highest BCUT2D eigenvalue weighted by molar-refractivity contribution is 7.90. The van der Waals surface area contributed by atoms with Gasteiger partial charge in [-0.3, -0.25) is 0 Å². The fraction of sp³-hybridized carbons (Fsp3) is 0. The molecule has 4 heteroatoms. The van der Waals surface area contributed by atoms with Crippen molar-refractivity contribution in [2.75, 3.05) is 0 Å². The molecule has 2 radical (unpaired) electrons. The minimum absolute atomic E-state index is 0.213. The first-order valence-corrected chi connectivity index (χ1v) is 7.21. The Labute approximate surface area is 112 Å². The second kappa shape index (κ2) is 4.24. The van der Waals surface area contributed by atoms with Crippen LogP contribution in [0.2, 0.25) is 0 Å². The number of aromatic nitrogens is 1. The molecule has 0 amide bonds. The van der Waals surface area contributed by atoms with Crippen molar-refractivity contribution in [1.29, 1.82) is 0 Å². The van der Waals surface area contributed by atoms with E-state index in [0.717, 1.165) is 5.39 Å². The van der Waals surface area contributed by atoms with Crippen LogP contribution in [0.25, 0.3) is 10.9 Å². The van der Waals surface area contributed by atoms with E-state index in [1.54, 1.807) is 48.5 Å². The van der Waals surface area contributed by atoms with Crippen LogP contribution in [0.5, 0.6) is 0 Å². The zero-order valence-corrected chi connectivity index (χ0v) is 10.8. The van der Waals surface area contributed by atoms with Crippen LogP contribution in [0.15, 0.2) is 65.6 Å². The predicted molar refractivity (Wildman–Crippen MR) is 74.4 cm³/mol. The van der Waals surface area contributed by atoms with Crippen LogP contribution in [0.3, 0.4) is 0 Å². The third kappa shape index (κ3) is 1.85. The number of para-hydroxylation sites is 1. The summed E-state index contributed by atoms with van der Waals surface area (Å²) in [5.74, 6) is 0. The average Bonchev–Trinajstić information content (AvgIpc) is 2.76. The highest BCUT2D eigenvalue weighted by atomic mass is 32.2. The summed E-state index contributed by atoms with van der Waals surface area (Å²) < 4.78 is 26.4. The lowest BCUT2D eigenvalue weighted by molar-refractivity contribution is 0.588. The second-order valence-corrected chi connectivity index (χ2v) is 6.00. The molecular formula is C15H11NO2S. The van der Waals surface area contributed by atoms with Crippen molar-refractivity contribution in [2.24, 2.45) is 0 Å². The summed E-state index contributed by atoms with van der Waals surface area (Å²) in [6.07, 6.45) is 0. The van der Waals surface area contributed by atoms with Gasteiger partial charge in [0.25, 0.3) is 10.0 Å². The van der Waals surface area contributed by atoms with Crippen molar-refractivity contribution in [3.63, 3.8) is 0 Å². The Morgan fingerprint density at radius 1 is 0.895 bits per heavy atom. The smallest absolute Gasteiger partial charge is 0.238 e. The van der Waals surface area contributed by atoms with Gasteiger partial charge in [0.15, 0.2) is 0 Å². The minimum atomic E-state index is -3.66. The van der Waals surface area contributed by atoms with Gasteiger partial charge in [-0.05, 0) is 24.3 Å². The number of nitrogens with zero attached hydrogens (tertiary/aromatic N) is 1. The van der Waals surface area contributed by atoms with Crippen LogP contribution in [0.1, 0.15) is 5.69 Å². The molecule has 3 rings (SSSR count). The third-order valence-electron chi connectivity index (χ3n) is 2.97. The molecule has 19 heavy (non-hydrogen) atoms. The van der Waals surface area contributed by atoms with Crippen molar-refractivity contribution >= 4 is 20.9 Å². The van der Waals surface area contributed by atoms with Gasteiger partial charge in [-0.25, -0.2) is 12.4 Å². The summed E-state index contributed by atoms with van der Waals surface area (Å²) in [6, 6.07) is 17.2. The molecular weight excluding hydrogens is 258 g/mol. The largest absolute Gasteiger partial charge is 0.268 e. The second-order valence-electron chi connectivity index (χ2n) is 4.21. The first-order valence-electron chi connectivity index (χ1n) is 5.77. The summed E-state index contributed by atoms with van der Waals surface area (Å²) in [5.41, 5.74) is 0.800. The number of benzene rings is 2. The quantitative estimate of drug-likeness (QED) is 0.717. The summed E-state index contributed by atoms with van der Waals surface area (Å²) in [4.78, 5) is 0.225. The van der Waals surface area contributed by atoms with Gasteiger partial charge >= 0.3 is 0 Å². The predicted octanol–water partition coefficient (Wildman–Crippen LogP) is 2.94. The maximum atomic E-state index is 12.6. The molecule has 0 fully saturated rings. The van der Waals surface area contributed by atoms with Crippen LogP contribution >= 0.6 is 0 Å². The lowest BCUT2D eigenvalue weighted by atomic mass is 10.2. The summed E-state index contributed by atoms with van der Waals surface area (Å²) in [6.45, 7) is 5.86. The van der Waals surface area contributed by atoms with Crippen LogP contribution in [-0.4, -0.2) is 12.4 Å². The van der Waals surface area contributed by atoms with Crippen molar-refractivity contribution in [1.82, 2.24) is 3.97 Å². The van der Waals surface area contributed by atoms with Gasteiger partial charge in [0.1, 0.15) is 0 Å². The normalized spacial score (nSPS) is 11.8. The van der Waals surface area contributed by atoms with E-state index in [9.17, 15) is 8.42 Å². The van der Waals surface area contributed by atoms with Crippen molar-refractivity contribution in [3.05, 3.63) is 73.3 Å². The van der Waals surface area contributed by atoms with Gasteiger partial charge in [-0.1, -0.05) is 36.4 Å². The zero-order chi connectivity index (χ0) is 13.5. The first-order chi connectivity index (χ1) is 9.10.